The summed E-state index contributed by atoms with van der Waals surface area (Å²) in [5.41, 5.74) is 2.47. The van der Waals surface area contributed by atoms with Crippen molar-refractivity contribution in [1.82, 2.24) is 14.7 Å². The Morgan fingerprint density at radius 1 is 0.862 bits per heavy atom. The van der Waals surface area contributed by atoms with E-state index in [2.05, 4.69) is 15.7 Å². The first-order chi connectivity index (χ1) is 14.2. The van der Waals surface area contributed by atoms with Crippen molar-refractivity contribution in [3.05, 3.63) is 73.1 Å². The molecule has 29 heavy (non-hydrogen) atoms. The molecule has 0 spiro atoms. The fourth-order valence-electron chi connectivity index (χ4n) is 3.43. The minimum atomic E-state index is -0.121. The normalized spacial score (nSPS) is 14.4. The Morgan fingerprint density at radius 3 is 2.21 bits per heavy atom. The number of likely N-dealkylation sites (tertiary alicyclic amines) is 1. The van der Waals surface area contributed by atoms with E-state index in [0.29, 0.717) is 25.9 Å². The van der Waals surface area contributed by atoms with Gasteiger partial charge >= 0.3 is 6.03 Å². The predicted octanol–water partition coefficient (Wildman–Crippen LogP) is 3.75. The van der Waals surface area contributed by atoms with Gasteiger partial charge in [0.2, 0.25) is 5.91 Å². The van der Waals surface area contributed by atoms with Gasteiger partial charge in [0.15, 0.2) is 0 Å². The maximum absolute atomic E-state index is 12.6. The van der Waals surface area contributed by atoms with Crippen molar-refractivity contribution in [1.29, 1.82) is 0 Å². The van der Waals surface area contributed by atoms with Gasteiger partial charge in [-0.3, -0.25) is 4.79 Å². The number of benzene rings is 2. The first-order valence-corrected chi connectivity index (χ1v) is 9.71. The number of anilines is 2. The van der Waals surface area contributed by atoms with Gasteiger partial charge in [0.1, 0.15) is 0 Å². The van der Waals surface area contributed by atoms with E-state index in [9.17, 15) is 9.59 Å². The molecule has 0 saturated carbocycles. The molecule has 2 heterocycles. The van der Waals surface area contributed by atoms with E-state index in [0.717, 1.165) is 17.1 Å². The summed E-state index contributed by atoms with van der Waals surface area (Å²) in [5.74, 6) is -0.0958. The highest BCUT2D eigenvalue weighted by molar-refractivity contribution is 5.93. The van der Waals surface area contributed by atoms with Gasteiger partial charge in [-0.15, -0.1) is 0 Å². The number of nitrogens with one attached hydrogen (secondary N) is 2. The lowest BCUT2D eigenvalue weighted by Crippen LogP contribution is -2.43. The summed E-state index contributed by atoms with van der Waals surface area (Å²) in [7, 11) is 0. The summed E-state index contributed by atoms with van der Waals surface area (Å²) >= 11 is 0. The molecule has 1 aliphatic heterocycles. The number of rotatable bonds is 4. The van der Waals surface area contributed by atoms with Crippen LogP contribution in [0.15, 0.2) is 73.1 Å². The van der Waals surface area contributed by atoms with Crippen LogP contribution in [0.4, 0.5) is 16.2 Å². The van der Waals surface area contributed by atoms with Crippen molar-refractivity contribution in [2.45, 2.75) is 12.8 Å². The second-order valence-corrected chi connectivity index (χ2v) is 7.04. The molecule has 3 amide bonds. The van der Waals surface area contributed by atoms with E-state index in [-0.39, 0.29) is 17.9 Å². The van der Waals surface area contributed by atoms with Crippen molar-refractivity contribution >= 4 is 23.3 Å². The second-order valence-electron chi connectivity index (χ2n) is 7.04. The number of aromatic nitrogens is 2. The van der Waals surface area contributed by atoms with Crippen LogP contribution >= 0.6 is 0 Å². The summed E-state index contributed by atoms with van der Waals surface area (Å²) in [4.78, 5) is 26.7. The van der Waals surface area contributed by atoms with Crippen LogP contribution in [0.5, 0.6) is 0 Å². The van der Waals surface area contributed by atoms with Crippen LogP contribution in [0.3, 0.4) is 0 Å². The van der Waals surface area contributed by atoms with E-state index >= 15 is 0 Å². The molecule has 0 bridgehead atoms. The smallest absolute Gasteiger partial charge is 0.321 e. The Labute approximate surface area is 169 Å². The fourth-order valence-corrected chi connectivity index (χ4v) is 3.43. The van der Waals surface area contributed by atoms with Crippen molar-refractivity contribution in [3.63, 3.8) is 0 Å². The highest BCUT2D eigenvalue weighted by Gasteiger charge is 2.27. The van der Waals surface area contributed by atoms with E-state index < -0.39 is 0 Å². The van der Waals surface area contributed by atoms with Crippen LogP contribution in [0.2, 0.25) is 0 Å². The molecule has 3 aromatic rings. The maximum Gasteiger partial charge on any atom is 0.321 e. The fraction of sp³-hybridized carbons (Fsp3) is 0.227. The topological polar surface area (TPSA) is 79.3 Å². The minimum absolute atomic E-state index is 0.0000401. The third kappa shape index (κ3) is 4.63. The summed E-state index contributed by atoms with van der Waals surface area (Å²) in [6.45, 7) is 1.13. The third-order valence-corrected chi connectivity index (χ3v) is 5.08. The highest BCUT2D eigenvalue weighted by Crippen LogP contribution is 2.21. The molecule has 1 aliphatic rings. The van der Waals surface area contributed by atoms with Crippen molar-refractivity contribution in [2.75, 3.05) is 23.7 Å². The predicted molar refractivity (Wildman–Crippen MR) is 112 cm³/mol. The van der Waals surface area contributed by atoms with Crippen molar-refractivity contribution in [2.24, 2.45) is 5.92 Å². The van der Waals surface area contributed by atoms with Crippen molar-refractivity contribution < 1.29 is 9.59 Å². The molecule has 7 heteroatoms. The van der Waals surface area contributed by atoms with Crippen LogP contribution < -0.4 is 10.6 Å². The number of para-hydroxylation sites is 1. The largest absolute Gasteiger partial charge is 0.326 e. The van der Waals surface area contributed by atoms with E-state index in [1.165, 1.54) is 0 Å². The average Bonchev–Trinajstić information content (AvgIpc) is 3.30. The Kier molecular flexibility index (Phi) is 5.56. The maximum atomic E-state index is 12.6. The van der Waals surface area contributed by atoms with E-state index in [4.69, 9.17) is 0 Å². The molecule has 2 aromatic carbocycles. The Hall–Kier alpha value is -3.61. The first kappa shape index (κ1) is 18.7. The molecule has 0 unspecified atom stereocenters. The monoisotopic (exact) mass is 389 g/mol. The lowest BCUT2D eigenvalue weighted by Gasteiger charge is -2.31. The van der Waals surface area contributed by atoms with Gasteiger partial charge < -0.3 is 15.5 Å². The van der Waals surface area contributed by atoms with Gasteiger partial charge in [-0.1, -0.05) is 18.2 Å². The zero-order chi connectivity index (χ0) is 20.1. The lowest BCUT2D eigenvalue weighted by atomic mass is 9.96. The molecule has 0 aliphatic carbocycles. The zero-order valence-corrected chi connectivity index (χ0v) is 16.0. The average molecular weight is 389 g/mol. The van der Waals surface area contributed by atoms with Gasteiger partial charge in [0.25, 0.3) is 0 Å². The molecule has 7 nitrogen and oxygen atoms in total. The number of nitrogens with zero attached hydrogens (tertiary/aromatic N) is 3. The Balaban J connectivity index is 1.27. The molecule has 1 aromatic heterocycles. The Bertz CT molecular complexity index is 947. The number of carbonyl (C=O) groups is 2. The number of piperidine rings is 1. The quantitative estimate of drug-likeness (QED) is 0.713. The molecule has 1 fully saturated rings. The number of amides is 3. The molecule has 0 radical (unpaired) electrons. The number of hydrogen-bond acceptors (Lipinski definition) is 3. The number of hydrogen-bond donors (Lipinski definition) is 2. The summed E-state index contributed by atoms with van der Waals surface area (Å²) in [6.07, 6.45) is 4.90. The van der Waals surface area contributed by atoms with Crippen LogP contribution in [-0.2, 0) is 4.79 Å². The van der Waals surface area contributed by atoms with Crippen LogP contribution in [-0.4, -0.2) is 39.7 Å². The van der Waals surface area contributed by atoms with Crippen LogP contribution in [0.25, 0.3) is 5.69 Å². The zero-order valence-electron chi connectivity index (χ0n) is 16.0. The second kappa shape index (κ2) is 8.60. The molecule has 4 rings (SSSR count). The van der Waals surface area contributed by atoms with E-state index in [1.54, 1.807) is 15.8 Å². The van der Waals surface area contributed by atoms with Gasteiger partial charge in [-0.05, 0) is 55.3 Å². The van der Waals surface area contributed by atoms with Gasteiger partial charge in [0, 0.05) is 42.8 Å². The summed E-state index contributed by atoms with van der Waals surface area (Å²) < 4.78 is 1.77. The molecule has 148 valence electrons. The number of carbonyl (C=O) groups excluding carboxylic acids is 2. The lowest BCUT2D eigenvalue weighted by molar-refractivity contribution is -0.121. The molecular weight excluding hydrogens is 366 g/mol. The molecular formula is C22H23N5O2. The van der Waals surface area contributed by atoms with Crippen molar-refractivity contribution in [3.8, 4) is 5.69 Å². The SMILES string of the molecule is O=C(Nc1ccc(-n2cccn2)cc1)C1CCN(C(=O)Nc2ccccc2)CC1. The third-order valence-electron chi connectivity index (χ3n) is 5.08. The Morgan fingerprint density at radius 2 is 1.55 bits per heavy atom. The highest BCUT2D eigenvalue weighted by atomic mass is 16.2. The standard InChI is InChI=1S/C22H23N5O2/c28-21(24-19-7-9-20(10-8-19)27-14-4-13-23-27)17-11-15-26(16-12-17)22(29)25-18-5-2-1-3-6-18/h1-10,13-14,17H,11-12,15-16H2,(H,24,28)(H,25,29). The minimum Gasteiger partial charge on any atom is -0.326 e. The first-order valence-electron chi connectivity index (χ1n) is 9.71. The molecule has 2 N–H and O–H groups in total. The number of urea groups is 1. The van der Waals surface area contributed by atoms with E-state index in [1.807, 2.05) is 66.9 Å². The van der Waals surface area contributed by atoms with Gasteiger partial charge in [0.05, 0.1) is 5.69 Å². The summed E-state index contributed by atoms with van der Waals surface area (Å²) in [5, 5.41) is 10.1. The van der Waals surface area contributed by atoms with Gasteiger partial charge in [-0.2, -0.15) is 5.10 Å². The van der Waals surface area contributed by atoms with Gasteiger partial charge in [-0.25, -0.2) is 9.48 Å². The van der Waals surface area contributed by atoms with Crippen LogP contribution in [0, 0.1) is 5.92 Å². The summed E-state index contributed by atoms with van der Waals surface area (Å²) in [6, 6.07) is 18.7. The molecule has 1 saturated heterocycles. The van der Waals surface area contributed by atoms with Crippen LogP contribution in [0.1, 0.15) is 12.8 Å². The molecule has 0 atom stereocenters.